The van der Waals surface area contributed by atoms with Crippen LogP contribution in [0.4, 0.5) is 5.95 Å². The van der Waals surface area contributed by atoms with Crippen molar-refractivity contribution in [3.63, 3.8) is 0 Å². The molecule has 5 nitrogen and oxygen atoms in total. The zero-order chi connectivity index (χ0) is 11.0. The number of nitrogen functional groups attached to an aromatic ring is 1. The van der Waals surface area contributed by atoms with Crippen LogP contribution in [0.15, 0.2) is 10.7 Å². The summed E-state index contributed by atoms with van der Waals surface area (Å²) >= 11 is 0. The van der Waals surface area contributed by atoms with Gasteiger partial charge in [-0.25, -0.2) is 4.98 Å². The monoisotopic (exact) mass is 206 g/mol. The second-order valence-electron chi connectivity index (χ2n) is 3.67. The molecule has 2 aromatic heterocycles. The van der Waals surface area contributed by atoms with Crippen molar-refractivity contribution in [3.8, 4) is 0 Å². The van der Waals surface area contributed by atoms with Gasteiger partial charge in [-0.2, -0.15) is 0 Å². The Labute approximate surface area is 87.9 Å². The van der Waals surface area contributed by atoms with E-state index in [2.05, 4.69) is 10.1 Å². The molecule has 0 saturated heterocycles. The highest BCUT2D eigenvalue weighted by Gasteiger charge is 2.11. The van der Waals surface area contributed by atoms with E-state index in [1.165, 1.54) is 0 Å². The Hall–Kier alpha value is -1.78. The molecule has 2 N–H and O–H groups in total. The number of aromatic nitrogens is 3. The van der Waals surface area contributed by atoms with Crippen LogP contribution in [-0.4, -0.2) is 14.7 Å². The Kier molecular flexibility index (Phi) is 2.22. The molecule has 0 spiro atoms. The van der Waals surface area contributed by atoms with Gasteiger partial charge in [-0.15, -0.1) is 0 Å². The van der Waals surface area contributed by atoms with Gasteiger partial charge in [0.05, 0.1) is 17.9 Å². The fourth-order valence-corrected chi connectivity index (χ4v) is 1.59. The van der Waals surface area contributed by atoms with Crippen molar-refractivity contribution in [2.24, 2.45) is 0 Å². The van der Waals surface area contributed by atoms with Gasteiger partial charge in [0.15, 0.2) is 0 Å². The number of hydrogen-bond donors (Lipinski definition) is 1. The average Bonchev–Trinajstić information content (AvgIpc) is 2.63. The molecule has 0 atom stereocenters. The predicted octanol–water partition coefficient (Wildman–Crippen LogP) is 1.43. The lowest BCUT2D eigenvalue weighted by atomic mass is 10.2. The number of aryl methyl sites for hydroxylation is 3. The van der Waals surface area contributed by atoms with E-state index in [1.807, 2.05) is 31.5 Å². The van der Waals surface area contributed by atoms with Gasteiger partial charge in [0, 0.05) is 11.8 Å². The van der Waals surface area contributed by atoms with Crippen LogP contribution in [0.2, 0.25) is 0 Å². The largest absolute Gasteiger partial charge is 0.369 e. The molecule has 0 aromatic carbocycles. The van der Waals surface area contributed by atoms with Gasteiger partial charge in [-0.3, -0.25) is 0 Å². The summed E-state index contributed by atoms with van der Waals surface area (Å²) in [4.78, 5) is 4.14. The minimum absolute atomic E-state index is 0.521. The molecule has 0 fully saturated rings. The van der Waals surface area contributed by atoms with E-state index < -0.39 is 0 Å². The van der Waals surface area contributed by atoms with E-state index in [0.29, 0.717) is 12.5 Å². The minimum Gasteiger partial charge on any atom is -0.369 e. The molecule has 80 valence electrons. The zero-order valence-electron chi connectivity index (χ0n) is 9.11. The van der Waals surface area contributed by atoms with Crippen LogP contribution in [0, 0.1) is 20.8 Å². The van der Waals surface area contributed by atoms with Crippen molar-refractivity contribution in [3.05, 3.63) is 28.9 Å². The maximum absolute atomic E-state index is 5.76. The second kappa shape index (κ2) is 3.42. The molecule has 0 radical (unpaired) electrons. The molecule has 15 heavy (non-hydrogen) atoms. The Bertz CT molecular complexity index is 464. The lowest BCUT2D eigenvalue weighted by Crippen LogP contribution is -2.04. The van der Waals surface area contributed by atoms with Crippen molar-refractivity contribution < 1.29 is 4.52 Å². The van der Waals surface area contributed by atoms with Crippen LogP contribution in [0.1, 0.15) is 22.7 Å². The van der Waals surface area contributed by atoms with Crippen LogP contribution >= 0.6 is 0 Å². The molecule has 2 heterocycles. The molecule has 2 rings (SSSR count). The smallest absolute Gasteiger partial charge is 0.200 e. The van der Waals surface area contributed by atoms with Crippen molar-refractivity contribution in [2.75, 3.05) is 5.73 Å². The summed E-state index contributed by atoms with van der Waals surface area (Å²) in [6, 6.07) is 0. The number of anilines is 1. The molecule has 0 saturated carbocycles. The summed E-state index contributed by atoms with van der Waals surface area (Å²) < 4.78 is 6.98. The number of imidazole rings is 1. The molecule has 0 aliphatic rings. The zero-order valence-corrected chi connectivity index (χ0v) is 9.11. The molecule has 0 unspecified atom stereocenters. The Balaban J connectivity index is 2.33. The number of hydrogen-bond acceptors (Lipinski definition) is 4. The third-order valence-electron chi connectivity index (χ3n) is 2.44. The Morgan fingerprint density at radius 1 is 1.40 bits per heavy atom. The van der Waals surface area contributed by atoms with E-state index in [0.717, 1.165) is 22.7 Å². The first kappa shape index (κ1) is 9.76. The second-order valence-corrected chi connectivity index (χ2v) is 3.67. The summed E-state index contributed by atoms with van der Waals surface area (Å²) in [6.07, 6.45) is 1.92. The summed E-state index contributed by atoms with van der Waals surface area (Å²) in [6.45, 7) is 6.40. The number of nitrogens with two attached hydrogens (primary N) is 1. The summed E-state index contributed by atoms with van der Waals surface area (Å²) in [5.41, 5.74) is 8.64. The average molecular weight is 206 g/mol. The highest BCUT2D eigenvalue weighted by atomic mass is 16.5. The van der Waals surface area contributed by atoms with Gasteiger partial charge < -0.3 is 14.8 Å². The standard InChI is InChI=1S/C10H14N4O/c1-6-4-14(10(11)12-6)5-9-7(2)13-15-8(9)3/h4H,5H2,1-3H3,(H2,11,12). The first-order chi connectivity index (χ1) is 7.08. The summed E-state index contributed by atoms with van der Waals surface area (Å²) in [7, 11) is 0. The third-order valence-corrected chi connectivity index (χ3v) is 2.44. The van der Waals surface area contributed by atoms with Gasteiger partial charge in [0.25, 0.3) is 0 Å². The molecule has 0 amide bonds. The van der Waals surface area contributed by atoms with E-state index in [9.17, 15) is 0 Å². The van der Waals surface area contributed by atoms with Crippen LogP contribution in [0.3, 0.4) is 0 Å². The SMILES string of the molecule is Cc1cn(Cc2c(C)noc2C)c(N)n1. The van der Waals surface area contributed by atoms with E-state index in [4.69, 9.17) is 10.3 Å². The van der Waals surface area contributed by atoms with E-state index in [1.54, 1.807) is 0 Å². The third kappa shape index (κ3) is 1.72. The maximum atomic E-state index is 5.76. The fraction of sp³-hybridized carbons (Fsp3) is 0.400. The fourth-order valence-electron chi connectivity index (χ4n) is 1.59. The maximum Gasteiger partial charge on any atom is 0.200 e. The molecule has 0 bridgehead atoms. The van der Waals surface area contributed by atoms with Crippen LogP contribution in [-0.2, 0) is 6.54 Å². The number of rotatable bonds is 2. The highest BCUT2D eigenvalue weighted by molar-refractivity contribution is 5.27. The first-order valence-corrected chi connectivity index (χ1v) is 4.79. The van der Waals surface area contributed by atoms with Crippen molar-refractivity contribution >= 4 is 5.95 Å². The molecule has 5 heteroatoms. The van der Waals surface area contributed by atoms with Gasteiger partial charge >= 0.3 is 0 Å². The summed E-state index contributed by atoms with van der Waals surface area (Å²) in [5.74, 6) is 1.35. The van der Waals surface area contributed by atoms with Crippen molar-refractivity contribution in [2.45, 2.75) is 27.3 Å². The van der Waals surface area contributed by atoms with Crippen molar-refractivity contribution in [1.29, 1.82) is 0 Å². The normalized spacial score (nSPS) is 10.9. The molecular weight excluding hydrogens is 192 g/mol. The number of nitrogens with zero attached hydrogens (tertiary/aromatic N) is 3. The van der Waals surface area contributed by atoms with E-state index >= 15 is 0 Å². The van der Waals surface area contributed by atoms with Crippen LogP contribution in [0.5, 0.6) is 0 Å². The molecule has 0 aliphatic carbocycles. The van der Waals surface area contributed by atoms with Crippen LogP contribution < -0.4 is 5.73 Å². The Morgan fingerprint density at radius 3 is 2.60 bits per heavy atom. The topological polar surface area (TPSA) is 69.9 Å². The highest BCUT2D eigenvalue weighted by Crippen LogP contribution is 2.16. The summed E-state index contributed by atoms with van der Waals surface area (Å²) in [5, 5.41) is 3.90. The van der Waals surface area contributed by atoms with Gasteiger partial charge in [0.1, 0.15) is 5.76 Å². The first-order valence-electron chi connectivity index (χ1n) is 4.79. The Morgan fingerprint density at radius 2 is 2.13 bits per heavy atom. The van der Waals surface area contributed by atoms with Gasteiger partial charge in [0.2, 0.25) is 5.95 Å². The van der Waals surface area contributed by atoms with E-state index in [-0.39, 0.29) is 0 Å². The quantitative estimate of drug-likeness (QED) is 0.806. The lowest BCUT2D eigenvalue weighted by Gasteiger charge is -2.03. The molecular formula is C10H14N4O. The molecule has 2 aromatic rings. The van der Waals surface area contributed by atoms with Crippen LogP contribution in [0.25, 0.3) is 0 Å². The molecule has 0 aliphatic heterocycles. The minimum atomic E-state index is 0.521. The van der Waals surface area contributed by atoms with Crippen molar-refractivity contribution in [1.82, 2.24) is 14.7 Å². The van der Waals surface area contributed by atoms with Gasteiger partial charge in [-0.05, 0) is 20.8 Å². The predicted molar refractivity (Wildman–Crippen MR) is 56.5 cm³/mol. The van der Waals surface area contributed by atoms with Gasteiger partial charge in [-0.1, -0.05) is 5.16 Å². The lowest BCUT2D eigenvalue weighted by molar-refractivity contribution is 0.392.